The first-order valence-electron chi connectivity index (χ1n) is 46.2. The lowest BCUT2D eigenvalue weighted by atomic mass is 9.86. The van der Waals surface area contributed by atoms with E-state index in [2.05, 4.69) is 78.0 Å². The molecule has 3 fully saturated rings. The number of primary amides is 1. The number of aromatic nitrogens is 3. The number of nitrogens with two attached hydrogens (primary N) is 3. The number of amides is 11. The number of ether oxygens (including phenoxy) is 6. The zero-order valence-electron chi connectivity index (χ0n) is 79.3. The lowest BCUT2D eigenvalue weighted by molar-refractivity contribution is -0.689. The molecule has 9 aliphatic heterocycles. The number of carboxylic acids is 2. The van der Waals surface area contributed by atoms with Crippen molar-refractivity contribution in [3.63, 3.8) is 0 Å². The van der Waals surface area contributed by atoms with Gasteiger partial charge in [-0.15, -0.1) is 11.8 Å². The Labute approximate surface area is 858 Å². The second kappa shape index (κ2) is 47.1. The van der Waals surface area contributed by atoms with E-state index in [0.717, 1.165) is 83.2 Å². The topological polar surface area (TPSA) is 785 Å². The van der Waals surface area contributed by atoms with Gasteiger partial charge in [0, 0.05) is 102 Å². The largest absolute Gasteiger partial charge is 0.507 e. The number of oxime groups is 1. The number of thioether (sulfide) groups is 1. The number of nitrogens with zero attached hydrogens (tertiary/aromatic N) is 5. The highest BCUT2D eigenvalue weighted by atomic mass is 35.5. The molecule has 0 saturated carbocycles. The molecular formula is C93H108Cl2N19O32S2+. The number of unbranched alkanes of at least 4 members (excludes halogenated alkanes) is 1. The minimum Gasteiger partial charge on any atom is -0.507 e. The summed E-state index contributed by atoms with van der Waals surface area (Å²) in [4.78, 5) is 194. The van der Waals surface area contributed by atoms with Crippen LogP contribution in [0.25, 0.3) is 11.1 Å². The normalized spacial score (nSPS) is 25.8. The lowest BCUT2D eigenvalue weighted by Crippen LogP contribution is -2.71. The minimum absolute atomic E-state index is 0.00525. The molecule has 3 saturated heterocycles. The lowest BCUT2D eigenvalue weighted by Gasteiger charge is -2.49. The van der Waals surface area contributed by atoms with E-state index >= 15 is 24.0 Å². The van der Waals surface area contributed by atoms with Crippen LogP contribution in [0.3, 0.4) is 0 Å². The smallest absolute Gasteiger partial charge is 0.352 e. The predicted molar refractivity (Wildman–Crippen MR) is 515 cm³/mol. The third-order valence-corrected chi connectivity index (χ3v) is 27.8. The quantitative estimate of drug-likeness (QED) is 0.00572. The number of β-lactam (4-membered cyclic amide) rings is 1. The summed E-state index contributed by atoms with van der Waals surface area (Å²) in [6.45, 7) is 4.88. The summed E-state index contributed by atoms with van der Waals surface area (Å²) >= 11 is 16.2. The van der Waals surface area contributed by atoms with Crippen LogP contribution in [0, 0.1) is 5.92 Å². The molecule has 29 N–H and O–H groups in total. The summed E-state index contributed by atoms with van der Waals surface area (Å²) in [6.07, 6.45) is -15.5. The molecule has 2 unspecified atom stereocenters. The number of hydrogen-bond donors (Lipinski definition) is 26. The van der Waals surface area contributed by atoms with Crippen molar-refractivity contribution in [1.82, 2.24) is 72.7 Å². The van der Waals surface area contributed by atoms with E-state index < -0.39 is 306 Å². The zero-order valence-corrected chi connectivity index (χ0v) is 82.4. The number of anilines is 1. The number of fused-ring (bicyclic) bond motifs is 16. The number of aliphatic hydroxyl groups is 6. The first-order chi connectivity index (χ1) is 70.3. The standard InChI is InChI=1S/C93H107Cl2N19O32S2/c1-36(2)21-49(99-5)80(127)107-66-71(121)40-13-16-53(47(94)23-40)141-55-25-42-26-56(76(55)145-91-77(75(125)74(124)57(34-115)143-91)144-61-29-93(4,98)78(126)37(3)140-61)142-54-17-14-41(24-48(54)95)72(122)67-85(132)106-65(89(135)136)45-27-52(117)46(73(123)62(45)44-22-39(12-15-51(44)116)63(82(129)108-67)105-83(130)64(42)104-81(128)50(28-58(96)118)103-84(66)131)31-100-18-19-101-59(119)10-6-7-11-60(120)102-30-38-9-8-20-113(32-38)33-43-35-147-88-69(87(134)114(88)70(43)90(137)138)109-86(133)68(111-146-139)79-110-92(97)148-112-79/h8-9,12-17,20,22-27,32,36-37,49-50,57,61,63-67,69,71-72,74-75,77-78,88,91,99-100,115,121-122,124-126H,6-7,10-11,18-19,21,28-31,33-35,98H2,1-5H3,(H18-,96,97,101,102,103,104,105,106,107,108,109,110,111,112,116,117,118,119,120,123,127,128,129,130,131,132,133,135,136,137,138,139)/p+1/t37-,49+,50-,57+,61-,63?,64+,65-,66+,67?,69+,71+,72+,74+,75-,77+,78+,88+,91-,93-/m0/s1. The number of carbonyl (C=O) groups is 13. The Kier molecular flexibility index (Phi) is 35.0. The number of halogens is 2. The summed E-state index contributed by atoms with van der Waals surface area (Å²) in [6, 6.07) is -0.294. The van der Waals surface area contributed by atoms with Crippen molar-refractivity contribution in [2.45, 2.75) is 213 Å². The molecule has 20 atom stereocenters. The summed E-state index contributed by atoms with van der Waals surface area (Å²) in [5.74, 6) is -21.2. The van der Waals surface area contributed by atoms with Crippen LogP contribution in [0.1, 0.15) is 148 Å². The number of rotatable bonds is 32. The Morgan fingerprint density at radius 3 is 2.02 bits per heavy atom. The number of carboxylic acid groups (broad SMARTS) is 2. The molecule has 792 valence electrons. The molecule has 51 nitrogen and oxygen atoms in total. The van der Waals surface area contributed by atoms with Gasteiger partial charge in [-0.2, -0.15) is 14.6 Å². The van der Waals surface area contributed by atoms with E-state index in [1.807, 2.05) is 0 Å². The molecule has 148 heavy (non-hydrogen) atoms. The number of nitrogens with one attached hydrogen (secondary N) is 11. The summed E-state index contributed by atoms with van der Waals surface area (Å²) < 4.78 is 44.2. The van der Waals surface area contributed by atoms with E-state index in [9.17, 15) is 94.5 Å². The number of nitrogen functional groups attached to an aromatic ring is 1. The first kappa shape index (κ1) is 110. The highest BCUT2D eigenvalue weighted by molar-refractivity contribution is 8.00. The van der Waals surface area contributed by atoms with E-state index in [4.69, 9.17) is 74.1 Å². The van der Waals surface area contributed by atoms with Crippen molar-refractivity contribution in [2.24, 2.45) is 22.5 Å². The number of carbonyl (C=O) groups excluding carboxylic acids is 11. The van der Waals surface area contributed by atoms with Gasteiger partial charge in [0.25, 0.3) is 11.8 Å². The third kappa shape index (κ3) is 24.7. The van der Waals surface area contributed by atoms with Crippen LogP contribution < -0.4 is 94.5 Å². The van der Waals surface area contributed by atoms with Gasteiger partial charge in [0.1, 0.15) is 107 Å². The Balaban J connectivity index is 0.741. The molecule has 5 aromatic carbocycles. The highest BCUT2D eigenvalue weighted by Gasteiger charge is 2.57. The van der Waals surface area contributed by atoms with E-state index in [0.29, 0.717) is 11.1 Å². The van der Waals surface area contributed by atoms with Gasteiger partial charge in [0.2, 0.25) is 76.7 Å². The Morgan fingerprint density at radius 1 is 0.743 bits per heavy atom. The molecule has 55 heteroatoms. The van der Waals surface area contributed by atoms with Gasteiger partial charge in [-0.05, 0) is 134 Å². The van der Waals surface area contributed by atoms with E-state index in [1.54, 1.807) is 42.9 Å². The fourth-order valence-corrected chi connectivity index (χ4v) is 20.0. The Bertz CT molecular complexity index is 6380. The van der Waals surface area contributed by atoms with Crippen LogP contribution in [0.2, 0.25) is 10.0 Å². The molecular weight excluding hydrogens is 2030 g/mol. The fraction of sp³-hybridized carbons (Fsp3) is 0.430. The van der Waals surface area contributed by atoms with Crippen molar-refractivity contribution in [1.29, 1.82) is 0 Å². The van der Waals surface area contributed by atoms with Gasteiger partial charge in [-0.25, -0.2) is 19.1 Å². The molecule has 2 aromatic heterocycles. The number of phenolic OH excluding ortho intramolecular Hbond substituents is 3. The minimum atomic E-state index is -2.44. The van der Waals surface area contributed by atoms with Crippen LogP contribution >= 0.6 is 46.5 Å². The van der Waals surface area contributed by atoms with Crippen molar-refractivity contribution >= 4 is 134 Å². The molecule has 0 aliphatic carbocycles. The molecule has 0 spiro atoms. The maximum absolute atomic E-state index is 16.4. The van der Waals surface area contributed by atoms with Crippen LogP contribution in [-0.2, 0) is 101 Å². The molecule has 0 radical (unpaired) electrons. The zero-order chi connectivity index (χ0) is 107. The number of benzene rings is 5. The number of pyridine rings is 1. The molecule has 7 aromatic rings. The number of aromatic hydroxyl groups is 3. The highest BCUT2D eigenvalue weighted by Crippen LogP contribution is 2.52. The molecule has 11 bridgehead atoms. The van der Waals surface area contributed by atoms with Crippen molar-refractivity contribution in [3.8, 4) is 57.1 Å². The maximum atomic E-state index is 16.4. The first-order valence-corrected chi connectivity index (χ1v) is 48.8. The third-order valence-electron chi connectivity index (χ3n) is 25.4. The second-order valence-corrected chi connectivity index (χ2v) is 39.2. The monoisotopic (exact) mass is 2140 g/mol. The number of phenols is 3. The van der Waals surface area contributed by atoms with Gasteiger partial charge in [-0.3, -0.25) is 57.6 Å². The van der Waals surface area contributed by atoms with Gasteiger partial charge in [0.15, 0.2) is 54.0 Å². The van der Waals surface area contributed by atoms with Crippen LogP contribution in [0.5, 0.6) is 46.0 Å². The van der Waals surface area contributed by atoms with Gasteiger partial charge in [0.05, 0.1) is 46.9 Å². The second-order valence-electron chi connectivity index (χ2n) is 36.5. The predicted octanol–water partition coefficient (Wildman–Crippen LogP) is -1.46. The molecule has 9 aliphatic rings. The average molecular weight is 2140 g/mol. The summed E-state index contributed by atoms with van der Waals surface area (Å²) in [7, 11) is 1.45. The van der Waals surface area contributed by atoms with Crippen molar-refractivity contribution in [3.05, 3.63) is 163 Å². The maximum Gasteiger partial charge on any atom is 0.352 e. The number of aliphatic hydroxyl groups excluding tert-OH is 6. The molecule has 11 amide bonds. The number of likely N-dealkylation sites (N-methyl/N-ethyl adjacent to an activating group) is 1. The Morgan fingerprint density at radius 2 is 1.40 bits per heavy atom. The average Bonchev–Trinajstić information content (AvgIpc) is 0.814. The van der Waals surface area contributed by atoms with Gasteiger partial charge < -0.3 is 160 Å². The van der Waals surface area contributed by atoms with Crippen LogP contribution in [0.15, 0.2) is 114 Å². The number of hydrogen-bond acceptors (Lipinski definition) is 39. The van der Waals surface area contributed by atoms with Gasteiger partial charge >= 0.3 is 11.9 Å². The fourth-order valence-electron chi connectivity index (χ4n) is 17.8. The van der Waals surface area contributed by atoms with Crippen LogP contribution in [0.4, 0.5) is 5.13 Å². The molecule has 16 rings (SSSR count). The van der Waals surface area contributed by atoms with E-state index in [-0.39, 0.29) is 110 Å². The SMILES string of the molecule is CN[C@H](CC(C)C)C(=O)N[C@H]1C(=O)N[C@@H](CC(N)=O)C(=O)N[C@H]2C(=O)NC3C(=O)NC(C(=O)N[C@H](C(=O)O)c4cc(O)c(CNCCNC(=O)CCCCC(=O)NCc5ccc[n+](CC6=C(C(=O)O)N7C(=O)[C@@H](NC(=O)/C(=N\OO)c8nsc(N)n8)[C@H]7SC6)c5)c(O)c4-c4cc3ccc4O)[C@H](O)c3ccc(c(Cl)c3)Oc3cc2cc(c3O[C@@H]2O[C@H](CO)[C@@H](O)[C@H](O)[C@H]2O[C@H]2C[C@](C)(N)[C@H](O)[C@H](C)O2)Oc2ccc(cc2Cl)[C@H]1O. The number of aliphatic carboxylic acids is 2. The van der Waals surface area contributed by atoms with Gasteiger partial charge in [-0.1, -0.05) is 55.2 Å². The summed E-state index contributed by atoms with van der Waals surface area (Å²) in [5, 5.41) is 168. The summed E-state index contributed by atoms with van der Waals surface area (Å²) in [5.41, 5.74) is 12.8. The Hall–Kier alpha value is -13.9. The van der Waals surface area contributed by atoms with Crippen molar-refractivity contribution < 1.29 is 162 Å². The molecule has 11 heterocycles. The van der Waals surface area contributed by atoms with Crippen LogP contribution in [-0.4, -0.2) is 281 Å². The van der Waals surface area contributed by atoms with E-state index in [1.165, 1.54) is 38.7 Å². The van der Waals surface area contributed by atoms with Crippen molar-refractivity contribution in [2.75, 3.05) is 38.2 Å².